The predicted octanol–water partition coefficient (Wildman–Crippen LogP) is 1.58. The highest BCUT2D eigenvalue weighted by Crippen LogP contribution is 2.33. The minimum Gasteiger partial charge on any atom is -0.486 e. The van der Waals surface area contributed by atoms with Crippen molar-refractivity contribution in [3.8, 4) is 11.5 Å². The van der Waals surface area contributed by atoms with Crippen LogP contribution in [0.25, 0.3) is 0 Å². The third-order valence-electron chi connectivity index (χ3n) is 6.30. The van der Waals surface area contributed by atoms with Gasteiger partial charge < -0.3 is 14.8 Å². The standard InChI is InChI=1S/C22H30N4O7S/c27-19(25-26-20(28)22(24-21(26)29)10-4-2-5-11-22)7-3-1-6-12-23-34(30,31)16-8-9-17-18(15-16)33-14-13-32-17/h8-9,15,23H,1-7,10-14H2,(H,24,29)(H,25,27). The minimum absolute atomic E-state index is 0.0976. The Bertz CT molecular complexity index is 1050. The van der Waals surface area contributed by atoms with Gasteiger partial charge in [0.15, 0.2) is 11.5 Å². The first-order valence-corrected chi connectivity index (χ1v) is 13.1. The number of ether oxygens (including phenoxy) is 2. The van der Waals surface area contributed by atoms with Crippen LogP contribution >= 0.6 is 0 Å². The number of benzene rings is 1. The molecule has 4 amide bonds. The summed E-state index contributed by atoms with van der Waals surface area (Å²) in [5.74, 6) is 0.109. The van der Waals surface area contributed by atoms with E-state index >= 15 is 0 Å². The number of nitrogens with one attached hydrogen (secondary N) is 3. The molecule has 12 heteroatoms. The second kappa shape index (κ2) is 10.2. The number of carbonyl (C=O) groups is 3. The van der Waals surface area contributed by atoms with Crippen LogP contribution in [0.4, 0.5) is 4.79 Å². The Hall–Kier alpha value is -2.86. The number of carbonyl (C=O) groups excluding carboxylic acids is 3. The van der Waals surface area contributed by atoms with E-state index in [0.717, 1.165) is 24.3 Å². The van der Waals surface area contributed by atoms with Crippen molar-refractivity contribution >= 4 is 27.9 Å². The third-order valence-corrected chi connectivity index (χ3v) is 7.76. The predicted molar refractivity (Wildman–Crippen MR) is 120 cm³/mol. The van der Waals surface area contributed by atoms with E-state index in [1.165, 1.54) is 12.1 Å². The zero-order valence-electron chi connectivity index (χ0n) is 18.9. The summed E-state index contributed by atoms with van der Waals surface area (Å²) in [4.78, 5) is 37.2. The molecule has 1 spiro atoms. The summed E-state index contributed by atoms with van der Waals surface area (Å²) in [6.45, 7) is 1.01. The number of unbranched alkanes of at least 4 members (excludes halogenated alkanes) is 2. The molecule has 0 bridgehead atoms. The number of urea groups is 1. The summed E-state index contributed by atoms with van der Waals surface area (Å²) in [6.07, 6.45) is 5.69. The molecule has 1 aromatic carbocycles. The van der Waals surface area contributed by atoms with Crippen LogP contribution in [-0.4, -0.2) is 56.6 Å². The Kier molecular flexibility index (Phi) is 7.27. The normalized spacial score (nSPS) is 19.2. The lowest BCUT2D eigenvalue weighted by molar-refractivity contribution is -0.139. The molecule has 1 aromatic rings. The highest BCUT2D eigenvalue weighted by Gasteiger charge is 2.52. The molecule has 1 saturated carbocycles. The molecule has 34 heavy (non-hydrogen) atoms. The first-order valence-electron chi connectivity index (χ1n) is 11.7. The maximum Gasteiger partial charge on any atom is 0.344 e. The van der Waals surface area contributed by atoms with Crippen LogP contribution in [0.1, 0.15) is 57.8 Å². The molecule has 3 N–H and O–H groups in total. The molecule has 3 aliphatic rings. The van der Waals surface area contributed by atoms with Gasteiger partial charge in [0.1, 0.15) is 18.8 Å². The van der Waals surface area contributed by atoms with E-state index in [9.17, 15) is 22.8 Å². The zero-order chi connectivity index (χ0) is 24.2. The Labute approximate surface area is 198 Å². The smallest absolute Gasteiger partial charge is 0.344 e. The van der Waals surface area contributed by atoms with Crippen molar-refractivity contribution in [2.75, 3.05) is 19.8 Å². The van der Waals surface area contributed by atoms with Crippen molar-refractivity contribution < 1.29 is 32.3 Å². The van der Waals surface area contributed by atoms with Crippen molar-refractivity contribution in [2.45, 2.75) is 68.2 Å². The van der Waals surface area contributed by atoms with Crippen LogP contribution in [0, 0.1) is 0 Å². The topological polar surface area (TPSA) is 143 Å². The second-order valence-electron chi connectivity index (χ2n) is 8.76. The van der Waals surface area contributed by atoms with Crippen LogP contribution in [0.2, 0.25) is 0 Å². The number of nitrogens with zero attached hydrogens (tertiary/aromatic N) is 1. The molecular weight excluding hydrogens is 464 g/mol. The number of hydrogen-bond donors (Lipinski definition) is 3. The SMILES string of the molecule is O=C(CCCCCNS(=O)(=O)c1ccc2c(c1)OCCO2)NN1C(=O)NC2(CCCCC2)C1=O. The van der Waals surface area contributed by atoms with Gasteiger partial charge in [0.05, 0.1) is 4.90 Å². The average molecular weight is 495 g/mol. The summed E-state index contributed by atoms with van der Waals surface area (Å²) in [5.41, 5.74) is 1.53. The number of hydrazine groups is 1. The molecule has 2 heterocycles. The molecule has 0 unspecified atom stereocenters. The maximum absolute atomic E-state index is 12.7. The van der Waals surface area contributed by atoms with Crippen LogP contribution in [0.3, 0.4) is 0 Å². The Morgan fingerprint density at radius 1 is 1.03 bits per heavy atom. The lowest BCUT2D eigenvalue weighted by Crippen LogP contribution is -2.50. The van der Waals surface area contributed by atoms with Crippen molar-refractivity contribution in [3.05, 3.63) is 18.2 Å². The Morgan fingerprint density at radius 3 is 2.53 bits per heavy atom. The highest BCUT2D eigenvalue weighted by molar-refractivity contribution is 7.89. The van der Waals surface area contributed by atoms with Crippen LogP contribution in [0.15, 0.2) is 23.1 Å². The van der Waals surface area contributed by atoms with E-state index in [4.69, 9.17) is 9.47 Å². The van der Waals surface area contributed by atoms with Crippen molar-refractivity contribution in [1.29, 1.82) is 0 Å². The summed E-state index contributed by atoms with van der Waals surface area (Å²) in [5, 5.41) is 3.55. The van der Waals surface area contributed by atoms with Gasteiger partial charge in [-0.1, -0.05) is 25.7 Å². The van der Waals surface area contributed by atoms with E-state index in [-0.39, 0.29) is 23.8 Å². The Morgan fingerprint density at radius 2 is 1.76 bits per heavy atom. The van der Waals surface area contributed by atoms with E-state index in [1.807, 2.05) is 0 Å². The lowest BCUT2D eigenvalue weighted by Gasteiger charge is -2.30. The third kappa shape index (κ3) is 5.27. The van der Waals surface area contributed by atoms with E-state index in [2.05, 4.69) is 15.5 Å². The van der Waals surface area contributed by atoms with Gasteiger partial charge in [-0.25, -0.2) is 17.9 Å². The molecule has 0 aromatic heterocycles. The monoisotopic (exact) mass is 494 g/mol. The van der Waals surface area contributed by atoms with Crippen LogP contribution in [-0.2, 0) is 19.6 Å². The van der Waals surface area contributed by atoms with Gasteiger partial charge in [-0.15, -0.1) is 0 Å². The highest BCUT2D eigenvalue weighted by atomic mass is 32.2. The zero-order valence-corrected chi connectivity index (χ0v) is 19.7. The van der Waals surface area contributed by atoms with E-state index in [1.54, 1.807) is 6.07 Å². The number of rotatable bonds is 9. The van der Waals surface area contributed by atoms with Crippen LogP contribution in [0.5, 0.6) is 11.5 Å². The molecule has 0 radical (unpaired) electrons. The molecular formula is C22H30N4O7S. The molecule has 4 rings (SSSR count). The number of hydrogen-bond acceptors (Lipinski definition) is 7. The molecule has 2 aliphatic heterocycles. The maximum atomic E-state index is 12.7. The first kappa shape index (κ1) is 24.3. The Balaban J connectivity index is 1.16. The molecule has 1 aliphatic carbocycles. The van der Waals surface area contributed by atoms with Crippen molar-refractivity contribution in [3.63, 3.8) is 0 Å². The van der Waals surface area contributed by atoms with Crippen LogP contribution < -0.4 is 24.9 Å². The van der Waals surface area contributed by atoms with Gasteiger partial charge in [0, 0.05) is 19.0 Å². The molecule has 0 atom stereocenters. The van der Waals surface area contributed by atoms with Gasteiger partial charge in [0.25, 0.3) is 5.91 Å². The summed E-state index contributed by atoms with van der Waals surface area (Å²) in [7, 11) is -3.69. The van der Waals surface area contributed by atoms with Gasteiger partial charge in [-0.05, 0) is 37.8 Å². The summed E-state index contributed by atoms with van der Waals surface area (Å²) >= 11 is 0. The fraction of sp³-hybridized carbons (Fsp3) is 0.591. The number of fused-ring (bicyclic) bond motifs is 1. The lowest BCUT2D eigenvalue weighted by atomic mass is 9.82. The molecule has 11 nitrogen and oxygen atoms in total. The van der Waals surface area contributed by atoms with E-state index < -0.39 is 27.5 Å². The molecule has 186 valence electrons. The van der Waals surface area contributed by atoms with Gasteiger partial charge in [-0.3, -0.25) is 15.0 Å². The van der Waals surface area contributed by atoms with Gasteiger partial charge >= 0.3 is 6.03 Å². The van der Waals surface area contributed by atoms with E-state index in [0.29, 0.717) is 56.8 Å². The largest absolute Gasteiger partial charge is 0.486 e. The van der Waals surface area contributed by atoms with Crippen molar-refractivity contribution in [2.24, 2.45) is 0 Å². The van der Waals surface area contributed by atoms with Gasteiger partial charge in [0.2, 0.25) is 15.9 Å². The average Bonchev–Trinajstić information content (AvgIpc) is 3.05. The summed E-state index contributed by atoms with van der Waals surface area (Å²) in [6, 6.07) is 3.89. The number of amides is 4. The fourth-order valence-electron chi connectivity index (χ4n) is 4.46. The van der Waals surface area contributed by atoms with Gasteiger partial charge in [-0.2, -0.15) is 5.01 Å². The first-order chi connectivity index (χ1) is 16.3. The second-order valence-corrected chi connectivity index (χ2v) is 10.5. The molecule has 2 fully saturated rings. The number of imide groups is 1. The molecule has 1 saturated heterocycles. The van der Waals surface area contributed by atoms with Crippen molar-refractivity contribution in [1.82, 2.24) is 20.5 Å². The quantitative estimate of drug-likeness (QED) is 0.349. The summed E-state index contributed by atoms with van der Waals surface area (Å²) < 4.78 is 38.4. The minimum atomic E-state index is -3.69. The number of sulfonamides is 1. The fourth-order valence-corrected chi connectivity index (χ4v) is 5.55.